The van der Waals surface area contributed by atoms with Crippen LogP contribution in [0.3, 0.4) is 0 Å². The summed E-state index contributed by atoms with van der Waals surface area (Å²) in [7, 11) is 0. The zero-order valence-electron chi connectivity index (χ0n) is 85.7. The van der Waals surface area contributed by atoms with Gasteiger partial charge in [0.15, 0.2) is 0 Å². The Kier molecular flexibility index (Phi) is 98.6. The first-order valence-corrected chi connectivity index (χ1v) is 49.7. The largest absolute Gasteiger partial charge is 0.466 e. The molecule has 10 heteroatoms. The number of hydrogen-bond donors (Lipinski definition) is 1. The van der Waals surface area contributed by atoms with Gasteiger partial charge in [0.2, 0.25) is 0 Å². The summed E-state index contributed by atoms with van der Waals surface area (Å²) < 4.78 is 17.0. The lowest BCUT2D eigenvalue weighted by molar-refractivity contribution is -0.143. The quantitative estimate of drug-likeness (QED) is 0.0551. The van der Waals surface area contributed by atoms with Crippen LogP contribution >= 0.6 is 34.3 Å². The molecular formula is C124H187ClO7S2. The lowest BCUT2D eigenvalue weighted by atomic mass is 10.0. The van der Waals surface area contributed by atoms with Gasteiger partial charge in [-0.3, -0.25) is 14.4 Å². The number of benzene rings is 11. The number of thiophene rings is 2. The highest BCUT2D eigenvalue weighted by atomic mass is 35.5. The summed E-state index contributed by atoms with van der Waals surface area (Å²) in [5.74, 6) is 5.39. The van der Waals surface area contributed by atoms with Crippen molar-refractivity contribution in [1.82, 2.24) is 0 Å². The lowest BCUT2D eigenvalue weighted by Crippen LogP contribution is -2.08. The molecule has 0 fully saturated rings. The Labute approximate surface area is 835 Å². The molecule has 7 nitrogen and oxygen atoms in total. The number of rotatable bonds is 17. The first-order valence-electron chi connectivity index (χ1n) is 47.2. The summed E-state index contributed by atoms with van der Waals surface area (Å²) in [4.78, 5) is 33.4. The van der Waals surface area contributed by atoms with Gasteiger partial charge in [-0.2, -0.15) is 0 Å². The number of aliphatic hydroxyl groups excluding tert-OH is 1. The Morgan fingerprint density at radius 2 is 0.545 bits per heavy atom. The molecule has 2 aromatic heterocycles. The highest BCUT2D eigenvalue weighted by Gasteiger charge is 2.08. The average Bonchev–Trinajstić information content (AvgIpc) is 1.69. The van der Waals surface area contributed by atoms with Gasteiger partial charge >= 0.3 is 17.9 Å². The van der Waals surface area contributed by atoms with E-state index in [1.807, 2.05) is 167 Å². The van der Waals surface area contributed by atoms with E-state index in [-0.39, 0.29) is 54.2 Å². The molecule has 1 N–H and O–H groups in total. The van der Waals surface area contributed by atoms with Crippen LogP contribution in [0.5, 0.6) is 0 Å². The van der Waals surface area contributed by atoms with Crippen molar-refractivity contribution >= 4 is 72.4 Å². The van der Waals surface area contributed by atoms with Gasteiger partial charge in [-0.1, -0.05) is 519 Å². The number of hydrogen-bond acceptors (Lipinski definition) is 9. The molecule has 0 aliphatic carbocycles. The smallest absolute Gasteiger partial charge is 0.310 e. The molecule has 744 valence electrons. The van der Waals surface area contributed by atoms with Crippen LogP contribution in [0.25, 0.3) is 20.2 Å². The maximum absolute atomic E-state index is 11.1. The second-order valence-corrected chi connectivity index (χ2v) is 34.0. The first kappa shape index (κ1) is 139. The van der Waals surface area contributed by atoms with Crippen molar-refractivity contribution in [3.63, 3.8) is 0 Å². The molecule has 0 radical (unpaired) electrons. The summed E-state index contributed by atoms with van der Waals surface area (Å²) in [6, 6.07) is 112. The third kappa shape index (κ3) is 74.3. The van der Waals surface area contributed by atoms with E-state index in [4.69, 9.17) is 14.6 Å². The van der Waals surface area contributed by atoms with Crippen molar-refractivity contribution < 1.29 is 33.7 Å². The Hall–Kier alpha value is -10.0. The SMILES string of the molecule is C.C.C.C.CC.CC.CC(C)c1cc2ccccc2s1.CC(C)c1ccccc1.CC(C)c1ccccc1.CC(C)c1ccccc1.CC(C)c1ccccc1.CC(C)c1ccccc1.CC(C)c1ccccc1.CC(C)c1ccccc1.CC(C)c1csc2ccccc12.CCC.CCCOC(=O)Cc1ccccc1.CCO.CCOC(=O)Cc1ccccc1.CCOC(C)=O.CCl. The fourth-order valence-electron chi connectivity index (χ4n) is 10.8. The van der Waals surface area contributed by atoms with Gasteiger partial charge in [-0.05, 0) is 170 Å². The van der Waals surface area contributed by atoms with E-state index >= 15 is 0 Å². The highest BCUT2D eigenvalue weighted by molar-refractivity contribution is 7.19. The zero-order valence-corrected chi connectivity index (χ0v) is 88.1. The summed E-state index contributed by atoms with van der Waals surface area (Å²) in [5, 5.41) is 12.7. The van der Waals surface area contributed by atoms with Gasteiger partial charge in [-0.15, -0.1) is 34.3 Å². The van der Waals surface area contributed by atoms with Crippen LogP contribution in [0.2, 0.25) is 0 Å². The number of ether oxygens (including phenoxy) is 3. The summed E-state index contributed by atoms with van der Waals surface area (Å²) in [6.45, 7) is 62.4. The number of esters is 3. The molecule has 11 aromatic carbocycles. The highest BCUT2D eigenvalue weighted by Crippen LogP contribution is 2.32. The van der Waals surface area contributed by atoms with Crippen LogP contribution in [0, 0.1) is 0 Å². The van der Waals surface area contributed by atoms with Gasteiger partial charge in [0.1, 0.15) is 0 Å². The molecule has 0 unspecified atom stereocenters. The molecule has 0 spiro atoms. The van der Waals surface area contributed by atoms with Crippen molar-refractivity contribution in [2.75, 3.05) is 32.8 Å². The van der Waals surface area contributed by atoms with Crippen LogP contribution in [-0.2, 0) is 41.4 Å². The fraction of sp³-hybridized carbons (Fsp3) is 0.411. The topological polar surface area (TPSA) is 99.1 Å². The van der Waals surface area contributed by atoms with E-state index in [1.165, 1.54) is 89.3 Å². The molecule has 13 rings (SSSR count). The van der Waals surface area contributed by atoms with Crippen molar-refractivity contribution in [1.29, 1.82) is 0 Å². The Morgan fingerprint density at radius 1 is 0.313 bits per heavy atom. The standard InChI is InChI=1S/C11H14O2.2C11H12S.C10H12O2.7C9H12.C4H8O2.C3H8.C2H6O.2C2H6.CH3Cl.4CH4/c1-2-8-13-11(12)9-10-6-4-3-5-7-10;1-8(2)10-7-12-11-6-4-3-5-9(10)11;1-8(2)11-7-9-5-3-4-6-10(9)12-11;1-2-12-10(11)8-9-6-4-3-5-7-9;7*1-8(2)9-6-4-3-5-7-9;1-3-6-4(2)5;1-3-2;1-2-3;3*1-2;;;;/h3-7H,2,8-9H2,1H3;2*3-8H,1-2H3;3-7H,2,8H2,1H3;7*3-8H,1-2H3;3H2,1-2H3;3H2,1-2H3;3H,2H2,1H3;2*1-2H3;1H3;4*1H4. The number of fused-ring (bicyclic) bond motifs is 2. The molecule has 0 aliphatic heterocycles. The number of alkyl halides is 1. The number of halogens is 1. The Morgan fingerprint density at radius 3 is 0.754 bits per heavy atom. The molecule has 0 saturated carbocycles. The Balaban J connectivity index is -0.000000213. The van der Waals surface area contributed by atoms with Crippen LogP contribution in [-0.4, -0.2) is 55.8 Å². The van der Waals surface area contributed by atoms with Crippen molar-refractivity contribution in [3.8, 4) is 0 Å². The van der Waals surface area contributed by atoms with E-state index in [1.54, 1.807) is 13.8 Å². The maximum atomic E-state index is 11.1. The van der Waals surface area contributed by atoms with Crippen molar-refractivity contribution in [3.05, 3.63) is 393 Å². The molecule has 134 heavy (non-hydrogen) atoms. The van der Waals surface area contributed by atoms with Gasteiger partial charge in [0, 0.05) is 34.2 Å². The summed E-state index contributed by atoms with van der Waals surface area (Å²) in [6.07, 6.45) is 4.34. The molecule has 13 aromatic rings. The van der Waals surface area contributed by atoms with E-state index in [2.05, 4.69) is 385 Å². The normalized spacial score (nSPS) is 9.29. The van der Waals surface area contributed by atoms with Crippen LogP contribution in [0.1, 0.15) is 357 Å². The molecule has 0 bridgehead atoms. The third-order valence-electron chi connectivity index (χ3n) is 17.9. The second-order valence-electron chi connectivity index (χ2n) is 31.9. The molecular weight excluding hydrogens is 1700 g/mol. The predicted molar refractivity (Wildman–Crippen MR) is 606 cm³/mol. The zero-order chi connectivity index (χ0) is 98.7. The molecule has 0 saturated heterocycles. The number of carbonyl (C=O) groups excluding carboxylic acids is 3. The van der Waals surface area contributed by atoms with E-state index < -0.39 is 0 Å². The van der Waals surface area contributed by atoms with Crippen LogP contribution in [0.15, 0.2) is 333 Å². The van der Waals surface area contributed by atoms with Gasteiger partial charge in [-0.25, -0.2) is 0 Å². The summed E-state index contributed by atoms with van der Waals surface area (Å²) in [5.41, 5.74) is 13.4. The maximum Gasteiger partial charge on any atom is 0.310 e. The van der Waals surface area contributed by atoms with Gasteiger partial charge in [0.05, 0.1) is 32.7 Å². The minimum atomic E-state index is -0.211. The first-order chi connectivity index (χ1) is 62.4. The van der Waals surface area contributed by atoms with Gasteiger partial charge < -0.3 is 19.3 Å². The number of carbonyl (C=O) groups is 3. The Bertz CT molecular complexity index is 4120. The molecule has 0 aliphatic rings. The number of aliphatic hydroxyl groups is 1. The fourth-order valence-corrected chi connectivity index (χ4v) is 13.0. The van der Waals surface area contributed by atoms with E-state index in [0.29, 0.717) is 85.9 Å². The van der Waals surface area contributed by atoms with E-state index in [9.17, 15) is 14.4 Å². The van der Waals surface area contributed by atoms with E-state index in [0.717, 1.165) is 17.5 Å². The third-order valence-corrected chi connectivity index (χ3v) is 20.3. The lowest BCUT2D eigenvalue weighted by Gasteiger charge is -2.02. The molecule has 0 atom stereocenters. The monoisotopic (exact) mass is 1890 g/mol. The minimum absolute atomic E-state index is 0. The van der Waals surface area contributed by atoms with Crippen molar-refractivity contribution in [2.45, 2.75) is 309 Å². The van der Waals surface area contributed by atoms with Crippen molar-refractivity contribution in [2.24, 2.45) is 0 Å². The minimum Gasteiger partial charge on any atom is -0.466 e. The summed E-state index contributed by atoms with van der Waals surface area (Å²) >= 11 is 8.39. The predicted octanol–water partition coefficient (Wildman–Crippen LogP) is 39.1. The molecule has 0 amide bonds. The second kappa shape index (κ2) is 94.8. The molecule has 2 heterocycles. The van der Waals surface area contributed by atoms with Gasteiger partial charge in [0.25, 0.3) is 0 Å². The average molecular weight is 1890 g/mol. The van der Waals surface area contributed by atoms with Crippen LogP contribution < -0.4 is 0 Å². The van der Waals surface area contributed by atoms with Crippen LogP contribution in [0.4, 0.5) is 0 Å².